The van der Waals surface area contributed by atoms with E-state index in [2.05, 4.69) is 4.99 Å². The first-order valence-electron chi connectivity index (χ1n) is 4.95. The van der Waals surface area contributed by atoms with Crippen molar-refractivity contribution in [3.8, 4) is 0 Å². The summed E-state index contributed by atoms with van der Waals surface area (Å²) < 4.78 is 114. The predicted molar refractivity (Wildman–Crippen MR) is 64.4 cm³/mol. The Bertz CT molecular complexity index is 550. The molecular weight excluding hydrogens is 386 g/mol. The Labute approximate surface area is 126 Å². The smallest absolute Gasteiger partial charge is 0.421 e. The average Bonchev–Trinajstić information content (AvgIpc) is 2.25. The second-order valence-corrected chi connectivity index (χ2v) is 6.71. The zero-order valence-corrected chi connectivity index (χ0v) is 12.8. The number of hydrogen-bond acceptors (Lipinski definition) is 5. The summed E-state index contributed by atoms with van der Waals surface area (Å²) in [4.78, 5) is 2.69. The minimum absolute atomic E-state index is 0.238. The lowest BCUT2D eigenvalue weighted by Gasteiger charge is -2.22. The van der Waals surface area contributed by atoms with Crippen molar-refractivity contribution in [1.82, 2.24) is 0 Å². The van der Waals surface area contributed by atoms with E-state index >= 15 is 0 Å². The van der Waals surface area contributed by atoms with E-state index in [0.29, 0.717) is 13.2 Å². The summed E-state index contributed by atoms with van der Waals surface area (Å²) in [5.74, 6) is 0.238. The van der Waals surface area contributed by atoms with Gasteiger partial charge >= 0.3 is 17.0 Å². The molecule has 0 aromatic carbocycles. The number of nitrogens with zero attached hydrogens (tertiary/aromatic N) is 1. The summed E-state index contributed by atoms with van der Waals surface area (Å²) in [6, 6.07) is 0. The van der Waals surface area contributed by atoms with Gasteiger partial charge in [0.05, 0.1) is 13.2 Å². The maximum atomic E-state index is 11.4. The molecule has 0 aromatic heterocycles. The lowest BCUT2D eigenvalue weighted by molar-refractivity contribution is -0.462. The SMILES string of the molecule is COCC[NH+]=C(N)N.O=S(=O)([N-]S(=O)(=O)C(F)(F)F)C(F)(F)F. The van der Waals surface area contributed by atoms with Crippen molar-refractivity contribution in [2.45, 2.75) is 11.0 Å². The van der Waals surface area contributed by atoms with Gasteiger partial charge < -0.3 is 8.86 Å². The quantitative estimate of drug-likeness (QED) is 0.210. The molecule has 0 unspecified atom stereocenters. The third-order valence-electron chi connectivity index (χ3n) is 1.42. The van der Waals surface area contributed by atoms with Crippen LogP contribution in [0.1, 0.15) is 0 Å². The van der Waals surface area contributed by atoms with E-state index in [1.165, 1.54) is 0 Å². The van der Waals surface area contributed by atoms with E-state index in [-0.39, 0.29) is 5.96 Å². The Hall–Kier alpha value is -1.33. The van der Waals surface area contributed by atoms with Crippen molar-refractivity contribution in [3.63, 3.8) is 0 Å². The van der Waals surface area contributed by atoms with Crippen molar-refractivity contribution in [2.75, 3.05) is 20.3 Å². The third kappa shape index (κ3) is 9.41. The molecule has 0 amide bonds. The highest BCUT2D eigenvalue weighted by atomic mass is 32.3. The number of hydrogen-bond donors (Lipinski definition) is 3. The highest BCUT2D eigenvalue weighted by Crippen LogP contribution is 2.36. The number of guanidine groups is 1. The first-order chi connectivity index (χ1) is 9.98. The van der Waals surface area contributed by atoms with Gasteiger partial charge in [0, 0.05) is 7.11 Å². The second kappa shape index (κ2) is 8.50. The van der Waals surface area contributed by atoms with Gasteiger partial charge in [-0.05, 0) is 0 Å². The zero-order valence-electron chi connectivity index (χ0n) is 11.1. The molecule has 0 fully saturated rings. The Morgan fingerprint density at radius 2 is 1.35 bits per heavy atom. The first-order valence-corrected chi connectivity index (χ1v) is 7.83. The molecule has 140 valence electrons. The van der Waals surface area contributed by atoms with E-state index in [1.807, 2.05) is 0 Å². The molecule has 0 radical (unpaired) electrons. The first kappa shape index (κ1) is 23.9. The highest BCUT2D eigenvalue weighted by Gasteiger charge is 2.46. The summed E-state index contributed by atoms with van der Waals surface area (Å²) in [6.45, 7) is 1.29. The standard InChI is InChI=1S/C4H11N3O.C2F6NO4S2/c1-8-3-2-7-4(5)6;3-1(4,5)14(10,11)9-15(12,13)2(6,7)8/h2-3H2,1H3,(H4,5,6,7);/q;-1/p+1. The zero-order chi connectivity index (χ0) is 19.1. The number of alkyl halides is 6. The Morgan fingerprint density at radius 3 is 1.57 bits per heavy atom. The fourth-order valence-corrected chi connectivity index (χ4v) is 2.22. The average molecular weight is 398 g/mol. The summed E-state index contributed by atoms with van der Waals surface area (Å²) >= 11 is 0. The van der Waals surface area contributed by atoms with Gasteiger partial charge in [0.25, 0.3) is 0 Å². The Balaban J connectivity index is 0. The van der Waals surface area contributed by atoms with Crippen LogP contribution in [0.2, 0.25) is 0 Å². The van der Waals surface area contributed by atoms with Crippen LogP contribution < -0.4 is 16.5 Å². The maximum Gasteiger partial charge on any atom is 0.480 e. The topological polar surface area (TPSA) is 158 Å². The summed E-state index contributed by atoms with van der Waals surface area (Å²) in [5, 5.41) is 0. The van der Waals surface area contributed by atoms with Gasteiger partial charge in [-0.15, -0.1) is 0 Å². The summed E-state index contributed by atoms with van der Waals surface area (Å²) in [6.07, 6.45) is 0. The molecule has 0 aliphatic carbocycles. The number of nitrogens with two attached hydrogens (primary N) is 2. The Kier molecular flexibility index (Phi) is 8.85. The normalized spacial score (nSPS) is 13.0. The molecule has 9 nitrogen and oxygen atoms in total. The van der Waals surface area contributed by atoms with Crippen LogP contribution in [-0.4, -0.2) is 54.1 Å². The fraction of sp³-hybridized carbons (Fsp3) is 0.833. The van der Waals surface area contributed by atoms with E-state index < -0.39 is 31.1 Å². The monoisotopic (exact) mass is 398 g/mol. The molecule has 0 saturated carbocycles. The second-order valence-electron chi connectivity index (χ2n) is 3.29. The van der Waals surface area contributed by atoms with Crippen LogP contribution in [0, 0.1) is 0 Å². The van der Waals surface area contributed by atoms with Gasteiger partial charge in [0.15, 0.2) is 20.0 Å². The van der Waals surface area contributed by atoms with Crippen molar-refractivity contribution < 1.29 is 52.9 Å². The van der Waals surface area contributed by atoms with Crippen LogP contribution in [0.15, 0.2) is 0 Å². The van der Waals surface area contributed by atoms with Gasteiger partial charge in [-0.25, -0.2) is 16.8 Å². The highest BCUT2D eigenvalue weighted by molar-refractivity contribution is 8.13. The number of halogens is 6. The number of nitrogens with one attached hydrogen (secondary N) is 1. The molecule has 0 aliphatic rings. The molecular formula is C6H12F6N4O5S2. The largest absolute Gasteiger partial charge is 0.480 e. The molecule has 5 N–H and O–H groups in total. The number of rotatable bonds is 5. The van der Waals surface area contributed by atoms with Gasteiger partial charge in [-0.1, -0.05) is 0 Å². The van der Waals surface area contributed by atoms with E-state index in [9.17, 15) is 43.2 Å². The number of sulfonamides is 2. The molecule has 0 aromatic rings. The lowest BCUT2D eigenvalue weighted by Crippen LogP contribution is -2.78. The van der Waals surface area contributed by atoms with E-state index in [4.69, 9.17) is 16.2 Å². The molecule has 17 heteroatoms. The predicted octanol–water partition coefficient (Wildman–Crippen LogP) is -1.95. The minimum Gasteiger partial charge on any atom is -0.421 e. The van der Waals surface area contributed by atoms with Gasteiger partial charge in [-0.3, -0.25) is 16.5 Å². The van der Waals surface area contributed by atoms with E-state index in [0.717, 1.165) is 4.13 Å². The van der Waals surface area contributed by atoms with Crippen molar-refractivity contribution in [3.05, 3.63) is 4.13 Å². The van der Waals surface area contributed by atoms with E-state index in [1.54, 1.807) is 7.11 Å². The Morgan fingerprint density at radius 1 is 1.00 bits per heavy atom. The van der Waals surface area contributed by atoms with Crippen molar-refractivity contribution in [1.29, 1.82) is 0 Å². The number of ether oxygens (including phenoxy) is 1. The summed E-state index contributed by atoms with van der Waals surface area (Å²) in [7, 11) is -11.8. The molecule has 0 atom stereocenters. The fourth-order valence-electron chi connectivity index (χ4n) is 0.511. The molecule has 0 saturated heterocycles. The summed E-state index contributed by atoms with van der Waals surface area (Å²) in [5.41, 5.74) is -2.28. The van der Waals surface area contributed by atoms with Crippen LogP contribution in [0.5, 0.6) is 0 Å². The molecule has 0 bridgehead atoms. The number of methoxy groups -OCH3 is 1. The third-order valence-corrected chi connectivity index (χ3v) is 4.16. The molecule has 0 aliphatic heterocycles. The molecule has 23 heavy (non-hydrogen) atoms. The van der Waals surface area contributed by atoms with Crippen LogP contribution in [0.4, 0.5) is 26.3 Å². The van der Waals surface area contributed by atoms with Crippen LogP contribution in [0.25, 0.3) is 4.13 Å². The lowest BCUT2D eigenvalue weighted by atomic mass is 10.7. The van der Waals surface area contributed by atoms with Crippen molar-refractivity contribution in [2.24, 2.45) is 11.5 Å². The molecule has 0 rings (SSSR count). The van der Waals surface area contributed by atoms with Crippen LogP contribution in [-0.2, 0) is 24.8 Å². The maximum absolute atomic E-state index is 11.4. The van der Waals surface area contributed by atoms with Gasteiger partial charge in [-0.2, -0.15) is 26.3 Å². The van der Waals surface area contributed by atoms with Gasteiger partial charge in [0.2, 0.25) is 0 Å². The van der Waals surface area contributed by atoms with Crippen molar-refractivity contribution >= 4 is 26.0 Å². The molecule has 0 heterocycles. The van der Waals surface area contributed by atoms with Crippen LogP contribution in [0.3, 0.4) is 0 Å². The molecule has 0 spiro atoms. The van der Waals surface area contributed by atoms with Crippen LogP contribution >= 0.6 is 0 Å². The van der Waals surface area contributed by atoms with Gasteiger partial charge in [0.1, 0.15) is 0 Å². The minimum atomic E-state index is -6.72.